The third kappa shape index (κ3) is 4.83. The molecule has 0 aromatic heterocycles. The molecule has 22 heavy (non-hydrogen) atoms. The molecule has 0 atom stereocenters. The number of halogens is 5. The Morgan fingerprint density at radius 3 is 2.23 bits per heavy atom. The number of anilines is 1. The Bertz CT molecular complexity index is 689. The molecule has 8 heteroatoms. The number of thioether (sulfide) groups is 1. The van der Waals surface area contributed by atoms with Crippen LogP contribution in [0.2, 0.25) is 10.0 Å². The zero-order valence-electron chi connectivity index (χ0n) is 10.7. The molecular weight excluding hydrogens is 358 g/mol. The Labute approximate surface area is 138 Å². The molecule has 0 radical (unpaired) electrons. The number of hydrogen-bond donors (Lipinski definition) is 1. The topological polar surface area (TPSA) is 29.1 Å². The van der Waals surface area contributed by atoms with E-state index in [9.17, 15) is 18.0 Å². The van der Waals surface area contributed by atoms with Gasteiger partial charge in [-0.1, -0.05) is 23.2 Å². The fourth-order valence-electron chi connectivity index (χ4n) is 1.61. The van der Waals surface area contributed by atoms with E-state index in [1.807, 2.05) is 0 Å². The number of amides is 1. The number of benzene rings is 2. The van der Waals surface area contributed by atoms with Crippen LogP contribution in [-0.2, 0) is 0 Å². The lowest BCUT2D eigenvalue weighted by Gasteiger charge is -2.09. The van der Waals surface area contributed by atoms with Crippen molar-refractivity contribution in [3.63, 3.8) is 0 Å². The second-order valence-corrected chi connectivity index (χ2v) is 6.13. The van der Waals surface area contributed by atoms with Crippen molar-refractivity contribution in [3.8, 4) is 0 Å². The predicted octanol–water partition coefficient (Wildman–Crippen LogP) is 5.86. The van der Waals surface area contributed by atoms with Crippen molar-refractivity contribution in [2.75, 3.05) is 5.32 Å². The van der Waals surface area contributed by atoms with Crippen molar-refractivity contribution in [2.45, 2.75) is 10.4 Å². The smallest absolute Gasteiger partial charge is 0.322 e. The number of nitrogens with one attached hydrogen (secondary N) is 1. The minimum absolute atomic E-state index is 0.0371. The zero-order valence-corrected chi connectivity index (χ0v) is 13.1. The Morgan fingerprint density at radius 1 is 1.05 bits per heavy atom. The van der Waals surface area contributed by atoms with Gasteiger partial charge in [-0.3, -0.25) is 4.79 Å². The lowest BCUT2D eigenvalue weighted by atomic mass is 10.2. The maximum atomic E-state index is 12.2. The van der Waals surface area contributed by atoms with Gasteiger partial charge >= 0.3 is 5.51 Å². The van der Waals surface area contributed by atoms with E-state index in [-0.39, 0.29) is 27.2 Å². The van der Waals surface area contributed by atoms with Gasteiger partial charge in [-0.15, -0.1) is 0 Å². The first-order valence-corrected chi connectivity index (χ1v) is 7.44. The van der Waals surface area contributed by atoms with E-state index >= 15 is 0 Å². The molecule has 0 fully saturated rings. The summed E-state index contributed by atoms with van der Waals surface area (Å²) in [7, 11) is 0. The third-order valence-corrected chi connectivity index (χ3v) is 3.81. The lowest BCUT2D eigenvalue weighted by Crippen LogP contribution is -2.12. The van der Waals surface area contributed by atoms with E-state index in [1.165, 1.54) is 42.5 Å². The highest BCUT2D eigenvalue weighted by molar-refractivity contribution is 8.00. The Balaban J connectivity index is 2.09. The van der Waals surface area contributed by atoms with Crippen LogP contribution >= 0.6 is 35.0 Å². The van der Waals surface area contributed by atoms with E-state index in [0.29, 0.717) is 10.7 Å². The molecule has 0 aliphatic carbocycles. The van der Waals surface area contributed by atoms with Crippen molar-refractivity contribution in [3.05, 3.63) is 58.1 Å². The molecule has 0 saturated heterocycles. The van der Waals surface area contributed by atoms with Crippen LogP contribution in [0, 0.1) is 0 Å². The minimum Gasteiger partial charge on any atom is -0.322 e. The van der Waals surface area contributed by atoms with E-state index in [0.717, 1.165) is 0 Å². The summed E-state index contributed by atoms with van der Waals surface area (Å²) in [4.78, 5) is 12.1. The molecule has 0 heterocycles. The van der Waals surface area contributed by atoms with E-state index in [2.05, 4.69) is 5.32 Å². The first-order chi connectivity index (χ1) is 10.2. The van der Waals surface area contributed by atoms with Crippen LogP contribution < -0.4 is 5.32 Å². The average molecular weight is 366 g/mol. The van der Waals surface area contributed by atoms with Crippen LogP contribution in [0.25, 0.3) is 0 Å². The summed E-state index contributed by atoms with van der Waals surface area (Å²) < 4.78 is 36.7. The van der Waals surface area contributed by atoms with Gasteiger partial charge in [0.15, 0.2) is 0 Å². The number of carbonyl (C=O) groups is 1. The molecule has 1 N–H and O–H groups in total. The fourth-order valence-corrected chi connectivity index (χ4v) is 2.65. The lowest BCUT2D eigenvalue weighted by molar-refractivity contribution is -0.0328. The summed E-state index contributed by atoms with van der Waals surface area (Å²) >= 11 is 11.4. The second kappa shape index (κ2) is 6.81. The van der Waals surface area contributed by atoms with E-state index in [4.69, 9.17) is 23.2 Å². The zero-order chi connectivity index (χ0) is 16.3. The molecule has 0 spiro atoms. The summed E-state index contributed by atoms with van der Waals surface area (Å²) in [5.74, 6) is -0.474. The summed E-state index contributed by atoms with van der Waals surface area (Å²) in [5.41, 5.74) is -3.76. The molecule has 0 saturated carbocycles. The minimum atomic E-state index is -4.35. The fraction of sp³-hybridized carbons (Fsp3) is 0.0714. The molecule has 2 aromatic carbocycles. The van der Waals surface area contributed by atoms with Gasteiger partial charge in [0, 0.05) is 15.6 Å². The first kappa shape index (κ1) is 17.0. The molecule has 0 unspecified atom stereocenters. The van der Waals surface area contributed by atoms with Crippen molar-refractivity contribution in [1.82, 2.24) is 0 Å². The van der Waals surface area contributed by atoms with Gasteiger partial charge in [0.25, 0.3) is 5.91 Å². The van der Waals surface area contributed by atoms with Crippen LogP contribution in [0.5, 0.6) is 0 Å². The van der Waals surface area contributed by atoms with Gasteiger partial charge in [-0.2, -0.15) is 13.2 Å². The number of carbonyl (C=O) groups excluding carboxylic acids is 1. The van der Waals surface area contributed by atoms with Crippen LogP contribution in [0.1, 0.15) is 10.4 Å². The van der Waals surface area contributed by atoms with Crippen LogP contribution in [0.3, 0.4) is 0 Å². The Hall–Kier alpha value is -1.37. The standard InChI is InChI=1S/C14H8Cl2F3NOS/c15-8-1-6-11(12(16)7-8)13(21)20-9-2-4-10(5-3-9)22-14(17,18)19/h1-7H,(H,20,21). The highest BCUT2D eigenvalue weighted by atomic mass is 35.5. The molecule has 2 aromatic rings. The third-order valence-electron chi connectivity index (χ3n) is 2.52. The highest BCUT2D eigenvalue weighted by Gasteiger charge is 2.29. The Kier molecular flexibility index (Phi) is 5.26. The van der Waals surface area contributed by atoms with Crippen LogP contribution in [0.15, 0.2) is 47.4 Å². The summed E-state index contributed by atoms with van der Waals surface area (Å²) in [6, 6.07) is 9.74. The Morgan fingerprint density at radius 2 is 1.68 bits per heavy atom. The second-order valence-electron chi connectivity index (χ2n) is 4.15. The molecular formula is C14H8Cl2F3NOS. The maximum Gasteiger partial charge on any atom is 0.446 e. The summed E-state index contributed by atoms with van der Waals surface area (Å²) in [5, 5.41) is 3.14. The normalized spacial score (nSPS) is 11.3. The molecule has 2 nitrogen and oxygen atoms in total. The number of hydrogen-bond acceptors (Lipinski definition) is 2. The van der Waals surface area contributed by atoms with Crippen molar-refractivity contribution in [2.24, 2.45) is 0 Å². The highest BCUT2D eigenvalue weighted by Crippen LogP contribution is 2.37. The molecule has 0 bridgehead atoms. The summed E-state index contributed by atoms with van der Waals surface area (Å²) in [6.45, 7) is 0. The average Bonchev–Trinajstić information content (AvgIpc) is 2.39. The van der Waals surface area contributed by atoms with Crippen molar-refractivity contribution >= 4 is 46.6 Å². The van der Waals surface area contributed by atoms with Gasteiger partial charge in [0.1, 0.15) is 0 Å². The van der Waals surface area contributed by atoms with Crippen LogP contribution in [-0.4, -0.2) is 11.4 Å². The van der Waals surface area contributed by atoms with Crippen molar-refractivity contribution < 1.29 is 18.0 Å². The van der Waals surface area contributed by atoms with Gasteiger partial charge in [0.05, 0.1) is 10.6 Å². The SMILES string of the molecule is O=C(Nc1ccc(SC(F)(F)F)cc1)c1ccc(Cl)cc1Cl. The molecule has 2 rings (SSSR count). The van der Waals surface area contributed by atoms with E-state index < -0.39 is 11.4 Å². The molecule has 0 aliphatic heterocycles. The number of rotatable bonds is 3. The first-order valence-electron chi connectivity index (χ1n) is 5.87. The molecule has 1 amide bonds. The van der Waals surface area contributed by atoms with Crippen molar-refractivity contribution in [1.29, 1.82) is 0 Å². The maximum absolute atomic E-state index is 12.2. The number of alkyl halides is 3. The quantitative estimate of drug-likeness (QED) is 0.690. The molecule has 116 valence electrons. The molecule has 0 aliphatic rings. The van der Waals surface area contributed by atoms with Gasteiger partial charge < -0.3 is 5.32 Å². The predicted molar refractivity (Wildman–Crippen MR) is 82.8 cm³/mol. The van der Waals surface area contributed by atoms with Gasteiger partial charge in [0.2, 0.25) is 0 Å². The van der Waals surface area contributed by atoms with Crippen LogP contribution in [0.4, 0.5) is 18.9 Å². The van der Waals surface area contributed by atoms with E-state index in [1.54, 1.807) is 0 Å². The monoisotopic (exact) mass is 365 g/mol. The summed E-state index contributed by atoms with van der Waals surface area (Å²) in [6.07, 6.45) is 0. The largest absolute Gasteiger partial charge is 0.446 e. The van der Waals surface area contributed by atoms with Gasteiger partial charge in [-0.05, 0) is 54.2 Å². The van der Waals surface area contributed by atoms with Gasteiger partial charge in [-0.25, -0.2) is 0 Å².